The Hall–Kier alpha value is -3.35. The number of hydrogen-bond donors (Lipinski definition) is 1. The fourth-order valence-electron chi connectivity index (χ4n) is 4.05. The molecule has 2 atom stereocenters. The van der Waals surface area contributed by atoms with Crippen LogP contribution < -0.4 is 0 Å². The molecule has 1 N–H and O–H groups in total. The minimum absolute atomic E-state index is 0.0850. The van der Waals surface area contributed by atoms with Crippen LogP contribution in [0.2, 0.25) is 0 Å². The van der Waals surface area contributed by atoms with Crippen LogP contribution in [0.5, 0.6) is 0 Å². The quantitative estimate of drug-likeness (QED) is 0.743. The number of rotatable bonds is 4. The molecule has 1 aliphatic carbocycles. The summed E-state index contributed by atoms with van der Waals surface area (Å²) in [5.41, 5.74) is 2.28. The number of aromatic nitrogens is 2. The number of hydrogen-bond acceptors (Lipinski definition) is 4. The summed E-state index contributed by atoms with van der Waals surface area (Å²) in [6.45, 7) is 2.18. The Morgan fingerprint density at radius 1 is 1.00 bits per heavy atom. The lowest BCUT2D eigenvalue weighted by atomic mass is 10.1. The van der Waals surface area contributed by atoms with Crippen LogP contribution >= 0.6 is 0 Å². The van der Waals surface area contributed by atoms with Crippen LogP contribution in [0.15, 0.2) is 59.2 Å². The van der Waals surface area contributed by atoms with E-state index in [9.17, 15) is 9.59 Å². The number of aromatic amines is 1. The van der Waals surface area contributed by atoms with Gasteiger partial charge in [0.2, 0.25) is 5.91 Å². The largest absolute Gasteiger partial charge is 0.463 e. The molecular formula is C22H22N4O3. The summed E-state index contributed by atoms with van der Waals surface area (Å²) in [6.07, 6.45) is 2.50. The van der Waals surface area contributed by atoms with Crippen molar-refractivity contribution in [3.63, 3.8) is 0 Å². The lowest BCUT2D eigenvalue weighted by molar-refractivity contribution is -0.134. The third kappa shape index (κ3) is 3.44. The van der Waals surface area contributed by atoms with Crippen molar-refractivity contribution < 1.29 is 14.0 Å². The molecule has 1 aromatic carbocycles. The zero-order valence-corrected chi connectivity index (χ0v) is 16.0. The summed E-state index contributed by atoms with van der Waals surface area (Å²) in [4.78, 5) is 29.2. The molecule has 2 aromatic heterocycles. The van der Waals surface area contributed by atoms with E-state index in [-0.39, 0.29) is 17.7 Å². The molecule has 2 fully saturated rings. The first-order chi connectivity index (χ1) is 14.2. The summed E-state index contributed by atoms with van der Waals surface area (Å²) >= 11 is 0. The van der Waals surface area contributed by atoms with Crippen molar-refractivity contribution in [1.82, 2.24) is 20.0 Å². The van der Waals surface area contributed by atoms with E-state index in [1.165, 1.54) is 5.56 Å². The Balaban J connectivity index is 1.17. The lowest BCUT2D eigenvalue weighted by Gasteiger charge is -2.34. The molecule has 0 radical (unpaired) electrons. The highest BCUT2D eigenvalue weighted by molar-refractivity contribution is 5.93. The third-order valence-corrected chi connectivity index (χ3v) is 5.80. The van der Waals surface area contributed by atoms with Gasteiger partial charge in [0, 0.05) is 38.2 Å². The Morgan fingerprint density at radius 2 is 1.76 bits per heavy atom. The van der Waals surface area contributed by atoms with Crippen LogP contribution in [0, 0.1) is 5.92 Å². The number of carbonyl (C=O) groups excluding carboxylic acids is 2. The number of benzene rings is 1. The Morgan fingerprint density at radius 3 is 2.48 bits per heavy atom. The van der Waals surface area contributed by atoms with Gasteiger partial charge in [-0.3, -0.25) is 14.7 Å². The molecule has 3 aromatic rings. The first-order valence-corrected chi connectivity index (χ1v) is 9.93. The van der Waals surface area contributed by atoms with Crippen LogP contribution in [-0.2, 0) is 4.79 Å². The monoisotopic (exact) mass is 390 g/mol. The molecule has 1 aliphatic heterocycles. The van der Waals surface area contributed by atoms with Crippen molar-refractivity contribution in [3.05, 3.63) is 66.1 Å². The molecule has 148 valence electrons. The maximum Gasteiger partial charge on any atom is 0.274 e. The molecule has 0 spiro atoms. The van der Waals surface area contributed by atoms with E-state index in [0.29, 0.717) is 49.2 Å². The predicted octanol–water partition coefficient (Wildman–Crippen LogP) is 2.76. The number of carbonyl (C=O) groups is 2. The van der Waals surface area contributed by atoms with Gasteiger partial charge in [0.1, 0.15) is 5.69 Å². The molecule has 29 heavy (non-hydrogen) atoms. The molecule has 2 aliphatic rings. The predicted molar refractivity (Wildman–Crippen MR) is 106 cm³/mol. The van der Waals surface area contributed by atoms with Crippen molar-refractivity contribution >= 4 is 11.8 Å². The standard InChI is InChI=1S/C22H22N4O3/c27-21(17-13-16(17)15-5-2-1-3-6-15)25-8-10-26(11-9-25)22(28)19-14-18(23-24-19)20-7-4-12-29-20/h1-7,12,14,16-17H,8-11,13H2,(H,23,24)/t16-,17-/m1/s1. The number of nitrogens with one attached hydrogen (secondary N) is 1. The topological polar surface area (TPSA) is 82.4 Å². The summed E-state index contributed by atoms with van der Waals surface area (Å²) in [5, 5.41) is 6.97. The van der Waals surface area contributed by atoms with Crippen LogP contribution in [0.1, 0.15) is 28.4 Å². The molecule has 7 heteroatoms. The van der Waals surface area contributed by atoms with Crippen molar-refractivity contribution in [2.45, 2.75) is 12.3 Å². The van der Waals surface area contributed by atoms with Crippen molar-refractivity contribution in [3.8, 4) is 11.5 Å². The zero-order valence-electron chi connectivity index (χ0n) is 16.0. The van der Waals surface area contributed by atoms with E-state index < -0.39 is 0 Å². The molecule has 0 unspecified atom stereocenters. The molecule has 5 rings (SSSR count). The van der Waals surface area contributed by atoms with Crippen LogP contribution in [0.4, 0.5) is 0 Å². The summed E-state index contributed by atoms with van der Waals surface area (Å²) < 4.78 is 5.33. The molecule has 0 bridgehead atoms. The Labute approximate surface area is 168 Å². The van der Waals surface area contributed by atoms with E-state index in [2.05, 4.69) is 22.3 Å². The van der Waals surface area contributed by atoms with Crippen molar-refractivity contribution in [2.75, 3.05) is 26.2 Å². The van der Waals surface area contributed by atoms with E-state index in [1.807, 2.05) is 29.2 Å². The van der Waals surface area contributed by atoms with Crippen LogP contribution in [0.3, 0.4) is 0 Å². The molecule has 3 heterocycles. The SMILES string of the molecule is O=C(c1cc(-c2ccco2)[nH]n1)N1CCN(C(=O)[C@@H]2C[C@@H]2c2ccccc2)CC1. The minimum Gasteiger partial charge on any atom is -0.463 e. The van der Waals surface area contributed by atoms with Gasteiger partial charge in [0.25, 0.3) is 5.91 Å². The highest BCUT2D eigenvalue weighted by Gasteiger charge is 2.46. The zero-order chi connectivity index (χ0) is 19.8. The summed E-state index contributed by atoms with van der Waals surface area (Å²) in [7, 11) is 0. The fraction of sp³-hybridized carbons (Fsp3) is 0.318. The fourth-order valence-corrected chi connectivity index (χ4v) is 4.05. The lowest BCUT2D eigenvalue weighted by Crippen LogP contribution is -2.51. The van der Waals surface area contributed by atoms with Gasteiger partial charge in [-0.25, -0.2) is 0 Å². The highest BCUT2D eigenvalue weighted by atomic mass is 16.3. The van der Waals surface area contributed by atoms with Gasteiger partial charge in [-0.05, 0) is 30.0 Å². The molecular weight excluding hydrogens is 368 g/mol. The number of piperazine rings is 1. The van der Waals surface area contributed by atoms with E-state index in [1.54, 1.807) is 23.3 Å². The minimum atomic E-state index is -0.125. The van der Waals surface area contributed by atoms with E-state index in [4.69, 9.17) is 4.42 Å². The van der Waals surface area contributed by atoms with Gasteiger partial charge in [0.05, 0.1) is 6.26 Å². The number of furan rings is 1. The van der Waals surface area contributed by atoms with Gasteiger partial charge in [-0.15, -0.1) is 0 Å². The smallest absolute Gasteiger partial charge is 0.274 e. The van der Waals surface area contributed by atoms with Gasteiger partial charge in [-0.2, -0.15) is 5.10 Å². The number of H-pyrrole nitrogens is 1. The van der Waals surface area contributed by atoms with E-state index in [0.717, 1.165) is 6.42 Å². The Kier molecular flexibility index (Phi) is 4.42. The highest BCUT2D eigenvalue weighted by Crippen LogP contribution is 2.48. The first kappa shape index (κ1) is 17.7. The molecule has 1 saturated carbocycles. The average Bonchev–Trinajstić information content (AvgIpc) is 3.15. The third-order valence-electron chi connectivity index (χ3n) is 5.80. The first-order valence-electron chi connectivity index (χ1n) is 9.93. The second kappa shape index (κ2) is 7.24. The normalized spacial score (nSPS) is 21.2. The van der Waals surface area contributed by atoms with Gasteiger partial charge in [0.15, 0.2) is 11.5 Å². The van der Waals surface area contributed by atoms with E-state index >= 15 is 0 Å². The van der Waals surface area contributed by atoms with Gasteiger partial charge >= 0.3 is 0 Å². The van der Waals surface area contributed by atoms with Crippen molar-refractivity contribution in [1.29, 1.82) is 0 Å². The van der Waals surface area contributed by atoms with Crippen molar-refractivity contribution in [2.24, 2.45) is 5.92 Å². The molecule has 7 nitrogen and oxygen atoms in total. The second-order valence-electron chi connectivity index (χ2n) is 7.62. The number of nitrogens with zero attached hydrogens (tertiary/aromatic N) is 3. The van der Waals surface area contributed by atoms with Crippen LogP contribution in [0.25, 0.3) is 11.5 Å². The molecule has 2 amide bonds. The van der Waals surface area contributed by atoms with Gasteiger partial charge < -0.3 is 14.2 Å². The average molecular weight is 390 g/mol. The Bertz CT molecular complexity index is 1000. The second-order valence-corrected chi connectivity index (χ2v) is 7.62. The van der Waals surface area contributed by atoms with Crippen LogP contribution in [-0.4, -0.2) is 58.0 Å². The van der Waals surface area contributed by atoms with Gasteiger partial charge in [-0.1, -0.05) is 30.3 Å². The maximum absolute atomic E-state index is 12.8. The number of amides is 2. The molecule has 1 saturated heterocycles. The maximum atomic E-state index is 12.8. The summed E-state index contributed by atoms with van der Waals surface area (Å²) in [5.74, 6) is 1.16. The summed E-state index contributed by atoms with van der Waals surface area (Å²) in [6, 6.07) is 15.5.